The quantitative estimate of drug-likeness (QED) is 0.653. The Hall–Kier alpha value is -4.26. The van der Waals surface area contributed by atoms with E-state index in [1.165, 1.54) is 6.07 Å². The second-order valence-electron chi connectivity index (χ2n) is 5.49. The second kappa shape index (κ2) is 7.32. The Morgan fingerprint density at radius 3 is 2.56 bits per heavy atom. The summed E-state index contributed by atoms with van der Waals surface area (Å²) in [5.74, 6) is -1.08. The van der Waals surface area contributed by atoms with E-state index < -0.39 is 11.6 Å². The number of aromatic nitrogens is 4. The van der Waals surface area contributed by atoms with Crippen LogP contribution in [0.2, 0.25) is 0 Å². The van der Waals surface area contributed by atoms with E-state index in [0.717, 1.165) is 9.36 Å². The maximum atomic E-state index is 12.3. The van der Waals surface area contributed by atoms with Crippen LogP contribution in [0.5, 0.6) is 0 Å². The number of benzene rings is 2. The summed E-state index contributed by atoms with van der Waals surface area (Å²) in [5.41, 5.74) is 6.06. The van der Waals surface area contributed by atoms with Crippen molar-refractivity contribution < 1.29 is 9.59 Å². The lowest BCUT2D eigenvalue weighted by Crippen LogP contribution is -2.30. The Labute approximate surface area is 152 Å². The van der Waals surface area contributed by atoms with E-state index in [9.17, 15) is 14.4 Å². The fourth-order valence-corrected chi connectivity index (χ4v) is 2.30. The molecule has 0 saturated carbocycles. The molecule has 134 valence electrons. The largest absolute Gasteiger partial charge is 0.368 e. The molecule has 0 aliphatic carbocycles. The number of nitrogens with two attached hydrogens (primary N) is 1. The Balaban J connectivity index is 1.77. The number of amides is 2. The third kappa shape index (κ3) is 3.88. The minimum Gasteiger partial charge on any atom is -0.368 e. The third-order valence-corrected chi connectivity index (χ3v) is 3.57. The van der Waals surface area contributed by atoms with Gasteiger partial charge in [-0.1, -0.05) is 6.07 Å². The lowest BCUT2D eigenvalue weighted by molar-refractivity contribution is -0.118. The van der Waals surface area contributed by atoms with Crippen molar-refractivity contribution in [2.75, 3.05) is 5.32 Å². The molecule has 0 unspecified atom stereocenters. The fourth-order valence-electron chi connectivity index (χ4n) is 2.30. The van der Waals surface area contributed by atoms with Crippen molar-refractivity contribution in [2.45, 2.75) is 6.54 Å². The summed E-state index contributed by atoms with van der Waals surface area (Å²) in [6.07, 6.45) is 0. The molecule has 3 N–H and O–H groups in total. The maximum absolute atomic E-state index is 12.3. The Morgan fingerprint density at radius 1 is 1.15 bits per heavy atom. The van der Waals surface area contributed by atoms with Crippen LogP contribution in [0, 0.1) is 11.3 Å². The number of nitrogens with zero attached hydrogens (tertiary/aromatic N) is 5. The molecule has 27 heavy (non-hydrogen) atoms. The zero-order chi connectivity index (χ0) is 19.4. The van der Waals surface area contributed by atoms with Crippen molar-refractivity contribution in [3.63, 3.8) is 0 Å². The monoisotopic (exact) mass is 363 g/mol. The molecule has 2 amide bonds. The molecule has 0 aliphatic heterocycles. The first kappa shape index (κ1) is 17.6. The average Bonchev–Trinajstić information content (AvgIpc) is 3.02. The number of anilines is 1. The lowest BCUT2D eigenvalue weighted by Gasteiger charge is -2.06. The Kier molecular flexibility index (Phi) is 4.76. The standard InChI is InChI=1S/C17H13N7O3/c18-9-11-2-1-3-12(8-11)16(26)20-13-4-6-14(7-5-13)24-17(27)23(21-22-24)10-15(19)25/h1-8H,10H2,(H2,19,25)(H,20,26). The SMILES string of the molecule is N#Cc1cccc(C(=O)Nc2ccc(-n3nnn(CC(N)=O)c3=O)cc2)c1. The molecular weight excluding hydrogens is 350 g/mol. The normalized spacial score (nSPS) is 10.2. The van der Waals surface area contributed by atoms with Crippen LogP contribution in [0.25, 0.3) is 5.69 Å². The van der Waals surface area contributed by atoms with Gasteiger partial charge in [-0.05, 0) is 52.9 Å². The molecule has 1 aromatic heterocycles. The number of hydrogen-bond donors (Lipinski definition) is 2. The summed E-state index contributed by atoms with van der Waals surface area (Å²) in [6, 6.07) is 14.6. The number of carbonyl (C=O) groups excluding carboxylic acids is 2. The van der Waals surface area contributed by atoms with Gasteiger partial charge in [0.25, 0.3) is 5.91 Å². The van der Waals surface area contributed by atoms with Crippen LogP contribution >= 0.6 is 0 Å². The van der Waals surface area contributed by atoms with E-state index in [2.05, 4.69) is 15.7 Å². The molecule has 3 rings (SSSR count). The van der Waals surface area contributed by atoms with Crippen LogP contribution in [0.15, 0.2) is 53.3 Å². The van der Waals surface area contributed by atoms with E-state index in [1.54, 1.807) is 42.5 Å². The van der Waals surface area contributed by atoms with Gasteiger partial charge in [-0.25, -0.2) is 4.79 Å². The highest BCUT2D eigenvalue weighted by molar-refractivity contribution is 6.04. The minimum atomic E-state index is -0.706. The highest BCUT2D eigenvalue weighted by Gasteiger charge is 2.11. The topological polar surface area (TPSA) is 149 Å². The first-order valence-corrected chi connectivity index (χ1v) is 7.71. The molecule has 1 heterocycles. The molecule has 10 nitrogen and oxygen atoms in total. The summed E-state index contributed by atoms with van der Waals surface area (Å²) in [4.78, 5) is 35.3. The molecule has 2 aromatic carbocycles. The molecule has 10 heteroatoms. The second-order valence-corrected chi connectivity index (χ2v) is 5.49. The van der Waals surface area contributed by atoms with Crippen LogP contribution in [0.1, 0.15) is 15.9 Å². The highest BCUT2D eigenvalue weighted by Crippen LogP contribution is 2.13. The number of carbonyl (C=O) groups is 2. The van der Waals surface area contributed by atoms with E-state index >= 15 is 0 Å². The van der Waals surface area contributed by atoms with Crippen LogP contribution < -0.4 is 16.7 Å². The van der Waals surface area contributed by atoms with Crippen molar-refractivity contribution in [3.8, 4) is 11.8 Å². The first-order chi connectivity index (χ1) is 13.0. The van der Waals surface area contributed by atoms with E-state index in [-0.39, 0.29) is 12.5 Å². The van der Waals surface area contributed by atoms with Gasteiger partial charge in [-0.15, -0.1) is 0 Å². The minimum absolute atomic E-state index is 0.351. The van der Waals surface area contributed by atoms with Gasteiger partial charge in [-0.3, -0.25) is 9.59 Å². The highest BCUT2D eigenvalue weighted by atomic mass is 16.2. The van der Waals surface area contributed by atoms with Gasteiger partial charge in [0.1, 0.15) is 6.54 Å². The number of rotatable bonds is 5. The van der Waals surface area contributed by atoms with Crippen LogP contribution in [-0.4, -0.2) is 31.6 Å². The van der Waals surface area contributed by atoms with Gasteiger partial charge in [0.05, 0.1) is 17.3 Å². The number of primary amides is 1. The van der Waals surface area contributed by atoms with Gasteiger partial charge < -0.3 is 11.1 Å². The zero-order valence-electron chi connectivity index (χ0n) is 13.9. The first-order valence-electron chi connectivity index (χ1n) is 7.71. The van der Waals surface area contributed by atoms with Gasteiger partial charge in [0, 0.05) is 11.3 Å². The van der Waals surface area contributed by atoms with Crippen LogP contribution in [-0.2, 0) is 11.3 Å². The molecule has 0 aliphatic rings. The molecule has 0 fully saturated rings. The van der Waals surface area contributed by atoms with Crippen molar-refractivity contribution in [2.24, 2.45) is 5.73 Å². The smallest absolute Gasteiger partial charge is 0.368 e. The average molecular weight is 363 g/mol. The summed E-state index contributed by atoms with van der Waals surface area (Å²) >= 11 is 0. The van der Waals surface area contributed by atoms with Gasteiger partial charge in [-0.2, -0.15) is 14.6 Å². The van der Waals surface area contributed by atoms with Crippen molar-refractivity contribution in [1.82, 2.24) is 19.8 Å². The molecule has 0 spiro atoms. The van der Waals surface area contributed by atoms with E-state index in [4.69, 9.17) is 11.0 Å². The summed E-state index contributed by atoms with van der Waals surface area (Å²) in [5, 5.41) is 18.9. The summed E-state index contributed by atoms with van der Waals surface area (Å²) in [7, 11) is 0. The zero-order valence-corrected chi connectivity index (χ0v) is 13.9. The molecule has 0 atom stereocenters. The molecule has 0 bridgehead atoms. The third-order valence-electron chi connectivity index (χ3n) is 3.57. The molecule has 3 aromatic rings. The molecular formula is C17H13N7O3. The maximum Gasteiger partial charge on any atom is 0.368 e. The number of tetrazole rings is 1. The lowest BCUT2D eigenvalue weighted by atomic mass is 10.1. The van der Waals surface area contributed by atoms with Crippen molar-refractivity contribution >= 4 is 17.5 Å². The molecule has 0 radical (unpaired) electrons. The van der Waals surface area contributed by atoms with Crippen LogP contribution in [0.4, 0.5) is 5.69 Å². The van der Waals surface area contributed by atoms with E-state index in [1.807, 2.05) is 6.07 Å². The van der Waals surface area contributed by atoms with Gasteiger partial charge in [0.2, 0.25) is 5.91 Å². The predicted octanol–water partition coefficient (Wildman–Crippen LogP) is 0.0383. The molecule has 0 saturated heterocycles. The Morgan fingerprint density at radius 2 is 1.89 bits per heavy atom. The number of nitrogens with one attached hydrogen (secondary N) is 1. The predicted molar refractivity (Wildman–Crippen MR) is 93.9 cm³/mol. The van der Waals surface area contributed by atoms with Crippen molar-refractivity contribution in [1.29, 1.82) is 5.26 Å². The number of hydrogen-bond acceptors (Lipinski definition) is 6. The fraction of sp³-hybridized carbons (Fsp3) is 0.0588. The van der Waals surface area contributed by atoms with Crippen LogP contribution in [0.3, 0.4) is 0 Å². The van der Waals surface area contributed by atoms with E-state index in [0.29, 0.717) is 22.5 Å². The van der Waals surface area contributed by atoms with Gasteiger partial charge >= 0.3 is 5.69 Å². The summed E-state index contributed by atoms with van der Waals surface area (Å²) in [6.45, 7) is -0.366. The van der Waals surface area contributed by atoms with Crippen molar-refractivity contribution in [3.05, 3.63) is 70.1 Å². The number of nitriles is 1. The summed E-state index contributed by atoms with van der Waals surface area (Å²) < 4.78 is 1.85. The Bertz CT molecular complexity index is 1110. The van der Waals surface area contributed by atoms with Gasteiger partial charge in [0.15, 0.2) is 0 Å².